The molecule has 1 N–H and O–H groups in total. The van der Waals surface area contributed by atoms with Gasteiger partial charge in [-0.15, -0.1) is 0 Å². The Kier molecular flexibility index (Phi) is 3.70. The summed E-state index contributed by atoms with van der Waals surface area (Å²) in [6.07, 6.45) is 3.44. The van der Waals surface area contributed by atoms with E-state index in [-0.39, 0.29) is 10.9 Å². The Balaban J connectivity index is 2.32. The number of nitrogens with one attached hydrogen (secondary N) is 1. The average molecular weight is 297 g/mol. The van der Waals surface area contributed by atoms with Gasteiger partial charge in [-0.1, -0.05) is 0 Å². The molecule has 0 aliphatic carbocycles. The van der Waals surface area contributed by atoms with Crippen molar-refractivity contribution in [3.8, 4) is 0 Å². The highest BCUT2D eigenvalue weighted by atomic mass is 32.2. The van der Waals surface area contributed by atoms with Crippen LogP contribution in [-0.2, 0) is 24.1 Å². The summed E-state index contributed by atoms with van der Waals surface area (Å²) in [5, 5.41) is 8.19. The first-order valence-electron chi connectivity index (χ1n) is 6.23. The summed E-state index contributed by atoms with van der Waals surface area (Å²) in [5.41, 5.74) is 1.93. The van der Waals surface area contributed by atoms with Crippen LogP contribution in [0.3, 0.4) is 0 Å². The molecule has 1 atom stereocenters. The Hall–Kier alpha value is -1.67. The van der Waals surface area contributed by atoms with E-state index in [1.54, 1.807) is 56.6 Å². The van der Waals surface area contributed by atoms with Crippen molar-refractivity contribution in [3.05, 3.63) is 29.3 Å². The Bertz CT molecular complexity index is 729. The fourth-order valence-corrected chi connectivity index (χ4v) is 3.84. The number of sulfonamides is 1. The van der Waals surface area contributed by atoms with E-state index in [0.717, 1.165) is 5.56 Å². The number of hydrogen-bond acceptors (Lipinski definition) is 4. The van der Waals surface area contributed by atoms with Crippen LogP contribution in [0.5, 0.6) is 0 Å². The monoisotopic (exact) mass is 297 g/mol. The lowest BCUT2D eigenvalue weighted by Gasteiger charge is -2.13. The largest absolute Gasteiger partial charge is 0.275 e. The highest BCUT2D eigenvalue weighted by Gasteiger charge is 2.26. The minimum Gasteiger partial charge on any atom is -0.275 e. The zero-order valence-corrected chi connectivity index (χ0v) is 13.1. The number of hydrogen-bond donors (Lipinski definition) is 1. The predicted molar refractivity (Wildman–Crippen MR) is 74.6 cm³/mol. The van der Waals surface area contributed by atoms with Gasteiger partial charge in [0.2, 0.25) is 10.0 Å². The van der Waals surface area contributed by atoms with Gasteiger partial charge < -0.3 is 0 Å². The lowest BCUT2D eigenvalue weighted by atomic mass is 10.2. The van der Waals surface area contributed by atoms with Crippen molar-refractivity contribution in [2.24, 2.45) is 14.1 Å². The zero-order chi connectivity index (χ0) is 15.1. The molecule has 0 saturated heterocycles. The number of nitrogens with zero attached hydrogens (tertiary/aromatic N) is 4. The maximum absolute atomic E-state index is 12.5. The van der Waals surface area contributed by atoms with Crippen LogP contribution >= 0.6 is 0 Å². The molecule has 0 aliphatic heterocycles. The van der Waals surface area contributed by atoms with Crippen molar-refractivity contribution in [1.29, 1.82) is 0 Å². The van der Waals surface area contributed by atoms with Gasteiger partial charge in [-0.25, -0.2) is 13.1 Å². The van der Waals surface area contributed by atoms with Crippen LogP contribution in [0.2, 0.25) is 0 Å². The molecule has 0 amide bonds. The summed E-state index contributed by atoms with van der Waals surface area (Å²) in [4.78, 5) is 0.246. The van der Waals surface area contributed by atoms with E-state index in [0.29, 0.717) is 11.4 Å². The number of rotatable bonds is 4. The first kappa shape index (κ1) is 14.7. The van der Waals surface area contributed by atoms with Crippen molar-refractivity contribution < 1.29 is 8.42 Å². The van der Waals surface area contributed by atoms with Gasteiger partial charge in [0, 0.05) is 31.9 Å². The molecule has 7 nitrogen and oxygen atoms in total. The minimum atomic E-state index is -3.61. The first-order valence-corrected chi connectivity index (χ1v) is 7.71. The standard InChI is InChI=1S/C12H19N5O2S/c1-8(11-6-13-16(4)7-11)15-20(18,19)12-9(2)14-17(5)10(12)3/h6-8,15H,1-5H3. The fourth-order valence-electron chi connectivity index (χ4n) is 2.17. The summed E-state index contributed by atoms with van der Waals surface area (Å²) < 4.78 is 30.8. The average Bonchev–Trinajstić information content (AvgIpc) is 2.84. The van der Waals surface area contributed by atoms with Crippen LogP contribution in [0.25, 0.3) is 0 Å². The van der Waals surface area contributed by atoms with Gasteiger partial charge in [0.25, 0.3) is 0 Å². The highest BCUT2D eigenvalue weighted by molar-refractivity contribution is 7.89. The second kappa shape index (κ2) is 5.02. The maximum Gasteiger partial charge on any atom is 0.244 e. The molecule has 0 saturated carbocycles. The Labute approximate surface area is 118 Å². The van der Waals surface area contributed by atoms with E-state index in [4.69, 9.17) is 0 Å². The molecule has 20 heavy (non-hydrogen) atoms. The van der Waals surface area contributed by atoms with Gasteiger partial charge in [0.05, 0.1) is 17.6 Å². The van der Waals surface area contributed by atoms with Gasteiger partial charge >= 0.3 is 0 Å². The molecular formula is C12H19N5O2S. The molecule has 0 radical (unpaired) electrons. The Morgan fingerprint density at radius 3 is 2.40 bits per heavy atom. The van der Waals surface area contributed by atoms with Gasteiger partial charge in [-0.2, -0.15) is 10.2 Å². The van der Waals surface area contributed by atoms with Crippen LogP contribution < -0.4 is 4.72 Å². The molecule has 2 aromatic heterocycles. The maximum atomic E-state index is 12.5. The van der Waals surface area contributed by atoms with Gasteiger partial charge in [0.1, 0.15) is 4.90 Å². The summed E-state index contributed by atoms with van der Waals surface area (Å²) >= 11 is 0. The molecule has 2 aromatic rings. The third-order valence-corrected chi connectivity index (χ3v) is 5.06. The third kappa shape index (κ3) is 2.61. The first-order chi connectivity index (χ1) is 9.22. The molecule has 0 spiro atoms. The second-order valence-electron chi connectivity index (χ2n) is 4.91. The molecule has 1 unspecified atom stereocenters. The van der Waals surface area contributed by atoms with Crippen LogP contribution in [0, 0.1) is 13.8 Å². The van der Waals surface area contributed by atoms with E-state index in [1.165, 1.54) is 0 Å². The van der Waals surface area contributed by atoms with Crippen LogP contribution in [0.1, 0.15) is 29.9 Å². The quantitative estimate of drug-likeness (QED) is 0.905. The van der Waals surface area contributed by atoms with Crippen molar-refractivity contribution in [1.82, 2.24) is 24.3 Å². The molecule has 0 fully saturated rings. The van der Waals surface area contributed by atoms with Gasteiger partial charge in [-0.3, -0.25) is 9.36 Å². The van der Waals surface area contributed by atoms with E-state index >= 15 is 0 Å². The van der Waals surface area contributed by atoms with Gasteiger partial charge in [-0.05, 0) is 20.8 Å². The highest BCUT2D eigenvalue weighted by Crippen LogP contribution is 2.21. The molecular weight excluding hydrogens is 278 g/mol. The summed E-state index contributed by atoms with van der Waals surface area (Å²) in [7, 11) is -0.0894. The van der Waals surface area contributed by atoms with Crippen molar-refractivity contribution in [3.63, 3.8) is 0 Å². The summed E-state index contributed by atoms with van der Waals surface area (Å²) in [6, 6.07) is -0.354. The van der Waals surface area contributed by atoms with E-state index in [9.17, 15) is 8.42 Å². The summed E-state index contributed by atoms with van der Waals surface area (Å²) in [6.45, 7) is 5.22. The second-order valence-corrected chi connectivity index (χ2v) is 6.56. The lowest BCUT2D eigenvalue weighted by molar-refractivity contribution is 0.565. The molecule has 8 heteroatoms. The van der Waals surface area contributed by atoms with Crippen molar-refractivity contribution in [2.75, 3.05) is 0 Å². The molecule has 0 aliphatic rings. The van der Waals surface area contributed by atoms with Crippen LogP contribution in [-0.4, -0.2) is 28.0 Å². The Morgan fingerprint density at radius 2 is 1.95 bits per heavy atom. The van der Waals surface area contributed by atoms with E-state index in [1.807, 2.05) is 0 Å². The lowest BCUT2D eigenvalue weighted by Crippen LogP contribution is -2.27. The van der Waals surface area contributed by atoms with Crippen LogP contribution in [0.15, 0.2) is 17.3 Å². The third-order valence-electron chi connectivity index (χ3n) is 3.27. The molecule has 2 heterocycles. The fraction of sp³-hybridized carbons (Fsp3) is 0.500. The molecule has 110 valence electrons. The van der Waals surface area contributed by atoms with Gasteiger partial charge in [0.15, 0.2) is 0 Å². The van der Waals surface area contributed by atoms with Crippen LogP contribution in [0.4, 0.5) is 0 Å². The molecule has 0 bridgehead atoms. The normalized spacial score (nSPS) is 13.7. The topological polar surface area (TPSA) is 81.8 Å². The zero-order valence-electron chi connectivity index (χ0n) is 12.2. The van der Waals surface area contributed by atoms with E-state index < -0.39 is 10.0 Å². The molecule has 2 rings (SSSR count). The predicted octanol–water partition coefficient (Wildman–Crippen LogP) is 0.810. The number of aryl methyl sites for hydroxylation is 3. The SMILES string of the molecule is Cc1nn(C)c(C)c1S(=O)(=O)NC(C)c1cnn(C)c1. The van der Waals surface area contributed by atoms with E-state index in [2.05, 4.69) is 14.9 Å². The number of aromatic nitrogens is 4. The smallest absolute Gasteiger partial charge is 0.244 e. The summed E-state index contributed by atoms with van der Waals surface area (Å²) in [5.74, 6) is 0. The Morgan fingerprint density at radius 1 is 1.30 bits per heavy atom. The van der Waals surface area contributed by atoms with Crippen molar-refractivity contribution in [2.45, 2.75) is 31.7 Å². The molecule has 0 aromatic carbocycles. The van der Waals surface area contributed by atoms with Crippen molar-refractivity contribution >= 4 is 10.0 Å². The minimum absolute atomic E-state index is 0.246.